The summed E-state index contributed by atoms with van der Waals surface area (Å²) in [5.74, 6) is 0. The van der Waals surface area contributed by atoms with Crippen LogP contribution in [0.4, 0.5) is 0 Å². The Morgan fingerprint density at radius 3 is 2.36 bits per heavy atom. The summed E-state index contributed by atoms with van der Waals surface area (Å²) in [6.07, 6.45) is 4.20. The van der Waals surface area contributed by atoms with Gasteiger partial charge in [0.15, 0.2) is 0 Å². The quantitative estimate of drug-likeness (QED) is 0.556. The molecule has 0 spiro atoms. The molecule has 3 aromatic rings. The highest BCUT2D eigenvalue weighted by molar-refractivity contribution is 5.95. The molecule has 1 heteroatoms. The van der Waals surface area contributed by atoms with Gasteiger partial charge in [-0.1, -0.05) is 54.6 Å². The summed E-state index contributed by atoms with van der Waals surface area (Å²) >= 11 is 0. The van der Waals surface area contributed by atoms with Gasteiger partial charge in [0.25, 0.3) is 0 Å². The lowest BCUT2D eigenvalue weighted by atomic mass is 10.1. The summed E-state index contributed by atoms with van der Waals surface area (Å²) in [5.41, 5.74) is 7.37. The Kier molecular flexibility index (Phi) is 3.72. The van der Waals surface area contributed by atoms with Crippen molar-refractivity contribution in [2.45, 2.75) is 20.8 Å². The lowest BCUT2D eigenvalue weighted by molar-refractivity contribution is 1.08. The summed E-state index contributed by atoms with van der Waals surface area (Å²) in [7, 11) is 0. The Morgan fingerprint density at radius 2 is 1.68 bits per heavy atom. The second-order valence-electron chi connectivity index (χ2n) is 5.86. The van der Waals surface area contributed by atoms with E-state index in [-0.39, 0.29) is 0 Å². The molecular formula is C21H21N. The molecular weight excluding hydrogens is 266 g/mol. The maximum atomic E-state index is 4.06. The predicted molar refractivity (Wildman–Crippen MR) is 97.4 cm³/mol. The Morgan fingerprint density at radius 1 is 1.00 bits per heavy atom. The minimum absolute atomic E-state index is 1.15. The fourth-order valence-electron chi connectivity index (χ4n) is 3.00. The number of rotatable bonds is 3. The summed E-state index contributed by atoms with van der Waals surface area (Å²) < 4.78 is 2.31. The van der Waals surface area contributed by atoms with E-state index in [1.807, 2.05) is 6.08 Å². The average Bonchev–Trinajstić information content (AvgIpc) is 2.81. The lowest BCUT2D eigenvalue weighted by Crippen LogP contribution is -1.99. The molecule has 0 aliphatic rings. The van der Waals surface area contributed by atoms with Crippen molar-refractivity contribution < 1.29 is 0 Å². The third kappa shape index (κ3) is 2.29. The molecule has 1 aromatic heterocycles. The molecule has 0 aliphatic carbocycles. The van der Waals surface area contributed by atoms with E-state index in [2.05, 4.69) is 86.5 Å². The highest BCUT2D eigenvalue weighted by Crippen LogP contribution is 2.32. The number of benzene rings is 2. The molecule has 3 rings (SSSR count). The summed E-state index contributed by atoms with van der Waals surface area (Å²) in [4.78, 5) is 0. The monoisotopic (exact) mass is 287 g/mol. The number of nitrogens with zero attached hydrogens (tertiary/aromatic N) is 1. The molecule has 0 atom stereocenters. The zero-order chi connectivity index (χ0) is 15.7. The zero-order valence-electron chi connectivity index (χ0n) is 13.4. The zero-order valence-corrected chi connectivity index (χ0v) is 13.4. The molecule has 1 nitrogen and oxygen atoms in total. The van der Waals surface area contributed by atoms with Crippen LogP contribution in [0.2, 0.25) is 0 Å². The third-order valence-corrected chi connectivity index (χ3v) is 3.93. The third-order valence-electron chi connectivity index (χ3n) is 3.93. The van der Waals surface area contributed by atoms with E-state index in [0.717, 1.165) is 5.69 Å². The number of allylic oxidation sites excluding steroid dienone is 1. The topological polar surface area (TPSA) is 4.93 Å². The first-order valence-electron chi connectivity index (χ1n) is 7.60. The van der Waals surface area contributed by atoms with Crippen LogP contribution in [0.1, 0.15) is 30.7 Å². The number of hydrogen-bond acceptors (Lipinski definition) is 0. The molecule has 0 N–H and O–H groups in total. The van der Waals surface area contributed by atoms with E-state index in [9.17, 15) is 0 Å². The SMILES string of the molecule is C=Cc1c(C=C(C)C)c2ccccc2n1-c1ccccc1C. The van der Waals surface area contributed by atoms with Gasteiger partial charge >= 0.3 is 0 Å². The minimum atomic E-state index is 1.15. The molecule has 0 bridgehead atoms. The number of para-hydroxylation sites is 2. The molecule has 0 radical (unpaired) electrons. The van der Waals surface area contributed by atoms with Crippen LogP contribution >= 0.6 is 0 Å². The molecule has 0 saturated carbocycles. The summed E-state index contributed by atoms with van der Waals surface area (Å²) in [6, 6.07) is 17.0. The van der Waals surface area contributed by atoms with Crippen molar-refractivity contribution in [1.82, 2.24) is 4.57 Å². The normalized spacial score (nSPS) is 10.7. The molecule has 0 unspecified atom stereocenters. The van der Waals surface area contributed by atoms with Crippen molar-refractivity contribution in [3.05, 3.63) is 77.5 Å². The van der Waals surface area contributed by atoms with E-state index in [1.165, 1.54) is 33.3 Å². The van der Waals surface area contributed by atoms with Crippen molar-refractivity contribution >= 4 is 23.1 Å². The smallest absolute Gasteiger partial charge is 0.0541 e. The second-order valence-corrected chi connectivity index (χ2v) is 5.86. The van der Waals surface area contributed by atoms with Gasteiger partial charge in [-0.05, 0) is 44.5 Å². The van der Waals surface area contributed by atoms with E-state index in [0.29, 0.717) is 0 Å². The Bertz CT molecular complexity index is 874. The Balaban J connectivity index is 2.47. The first-order chi connectivity index (χ1) is 10.6. The molecule has 110 valence electrons. The number of hydrogen-bond donors (Lipinski definition) is 0. The predicted octanol–water partition coefficient (Wildman–Crippen LogP) is 6.01. The van der Waals surface area contributed by atoms with Crippen LogP contribution in [-0.4, -0.2) is 4.57 Å². The van der Waals surface area contributed by atoms with Crippen LogP contribution in [0.3, 0.4) is 0 Å². The molecule has 0 aliphatic heterocycles. The number of aromatic nitrogens is 1. The van der Waals surface area contributed by atoms with Crippen LogP contribution in [-0.2, 0) is 0 Å². The van der Waals surface area contributed by atoms with Crippen molar-refractivity contribution in [3.8, 4) is 5.69 Å². The van der Waals surface area contributed by atoms with Gasteiger partial charge in [-0.3, -0.25) is 0 Å². The van der Waals surface area contributed by atoms with Gasteiger partial charge in [-0.15, -0.1) is 0 Å². The number of aryl methyl sites for hydroxylation is 1. The average molecular weight is 287 g/mol. The Hall–Kier alpha value is -2.54. The van der Waals surface area contributed by atoms with Crippen LogP contribution < -0.4 is 0 Å². The lowest BCUT2D eigenvalue weighted by Gasteiger charge is -2.12. The van der Waals surface area contributed by atoms with Gasteiger partial charge in [0.05, 0.1) is 11.2 Å². The van der Waals surface area contributed by atoms with Gasteiger partial charge in [-0.2, -0.15) is 0 Å². The first-order valence-corrected chi connectivity index (χ1v) is 7.60. The van der Waals surface area contributed by atoms with E-state index in [1.54, 1.807) is 0 Å². The first kappa shape index (κ1) is 14.4. The standard InChI is InChI=1S/C21H21N/c1-5-19-18(14-15(2)3)17-11-7-9-13-21(17)22(19)20-12-8-6-10-16(20)4/h5-14H,1H2,2-4H3. The Labute approximate surface area is 132 Å². The molecule has 22 heavy (non-hydrogen) atoms. The van der Waals surface area contributed by atoms with Gasteiger partial charge in [0.1, 0.15) is 0 Å². The molecule has 0 amide bonds. The van der Waals surface area contributed by atoms with Gasteiger partial charge in [0.2, 0.25) is 0 Å². The molecule has 2 aromatic carbocycles. The van der Waals surface area contributed by atoms with Crippen molar-refractivity contribution in [1.29, 1.82) is 0 Å². The summed E-state index contributed by atoms with van der Waals surface area (Å²) in [6.45, 7) is 10.5. The maximum absolute atomic E-state index is 4.06. The van der Waals surface area contributed by atoms with Crippen molar-refractivity contribution in [2.75, 3.05) is 0 Å². The maximum Gasteiger partial charge on any atom is 0.0541 e. The van der Waals surface area contributed by atoms with Gasteiger partial charge in [0, 0.05) is 16.6 Å². The highest BCUT2D eigenvalue weighted by atomic mass is 15.0. The fraction of sp³-hybridized carbons (Fsp3) is 0.143. The van der Waals surface area contributed by atoms with E-state index < -0.39 is 0 Å². The van der Waals surface area contributed by atoms with Gasteiger partial charge < -0.3 is 4.57 Å². The minimum Gasteiger partial charge on any atom is -0.309 e. The van der Waals surface area contributed by atoms with Crippen molar-refractivity contribution in [2.24, 2.45) is 0 Å². The largest absolute Gasteiger partial charge is 0.309 e. The number of fused-ring (bicyclic) bond motifs is 1. The fourth-order valence-corrected chi connectivity index (χ4v) is 3.00. The van der Waals surface area contributed by atoms with Crippen LogP contribution in [0.15, 0.2) is 60.7 Å². The van der Waals surface area contributed by atoms with Crippen molar-refractivity contribution in [3.63, 3.8) is 0 Å². The van der Waals surface area contributed by atoms with Gasteiger partial charge in [-0.25, -0.2) is 0 Å². The van der Waals surface area contributed by atoms with Crippen LogP contribution in [0.5, 0.6) is 0 Å². The van der Waals surface area contributed by atoms with Crippen LogP contribution in [0, 0.1) is 6.92 Å². The van der Waals surface area contributed by atoms with E-state index in [4.69, 9.17) is 0 Å². The molecule has 0 fully saturated rings. The molecule has 1 heterocycles. The summed E-state index contributed by atoms with van der Waals surface area (Å²) in [5, 5.41) is 1.27. The highest BCUT2D eigenvalue weighted by Gasteiger charge is 2.15. The van der Waals surface area contributed by atoms with E-state index >= 15 is 0 Å². The molecule has 0 saturated heterocycles. The van der Waals surface area contributed by atoms with Crippen LogP contribution in [0.25, 0.3) is 28.7 Å². The second kappa shape index (κ2) is 5.69.